The van der Waals surface area contributed by atoms with Crippen LogP contribution in [0.2, 0.25) is 0 Å². The number of hydrogen-bond acceptors (Lipinski definition) is 5. The standard InChI is InChI=1S/C20H19NO6/c21-18(19(24)25)15(9-17(22)23)20(26)27-10-16-13-7-3-1-5-11(13)12-6-2-4-8-14(12)16/h1-8,15-16,18H,9-10,21H2,(H,22,23)(H,24,25)/t15?,18-/m0/s1. The molecule has 0 bridgehead atoms. The molecule has 2 atom stereocenters. The number of aliphatic carboxylic acids is 2. The number of carbonyl (C=O) groups is 3. The van der Waals surface area contributed by atoms with Crippen LogP contribution >= 0.6 is 0 Å². The molecule has 27 heavy (non-hydrogen) atoms. The van der Waals surface area contributed by atoms with E-state index in [0.717, 1.165) is 22.3 Å². The highest BCUT2D eigenvalue weighted by Crippen LogP contribution is 2.44. The molecule has 140 valence electrons. The van der Waals surface area contributed by atoms with Gasteiger partial charge in [-0.25, -0.2) is 0 Å². The minimum atomic E-state index is -1.64. The number of carboxylic acid groups (broad SMARTS) is 2. The van der Waals surface area contributed by atoms with Gasteiger partial charge >= 0.3 is 17.9 Å². The SMILES string of the molecule is N[C@H](C(=O)O)C(CC(=O)O)C(=O)OCC1c2ccccc2-c2ccccc21. The summed E-state index contributed by atoms with van der Waals surface area (Å²) in [4.78, 5) is 34.4. The van der Waals surface area contributed by atoms with Gasteiger partial charge in [-0.05, 0) is 22.3 Å². The molecule has 1 aliphatic carbocycles. The predicted octanol–water partition coefficient (Wildman–Crippen LogP) is 1.84. The number of benzene rings is 2. The van der Waals surface area contributed by atoms with Crippen LogP contribution in [0, 0.1) is 5.92 Å². The number of rotatable bonds is 7. The highest BCUT2D eigenvalue weighted by Gasteiger charge is 2.35. The number of hydrogen-bond donors (Lipinski definition) is 3. The van der Waals surface area contributed by atoms with Gasteiger partial charge in [0.2, 0.25) is 0 Å². The summed E-state index contributed by atoms with van der Waals surface area (Å²) in [5, 5.41) is 18.0. The molecule has 2 aromatic rings. The van der Waals surface area contributed by atoms with E-state index in [9.17, 15) is 14.4 Å². The van der Waals surface area contributed by atoms with E-state index in [0.29, 0.717) is 0 Å². The van der Waals surface area contributed by atoms with E-state index in [-0.39, 0.29) is 12.5 Å². The quantitative estimate of drug-likeness (QED) is 0.636. The molecule has 1 unspecified atom stereocenters. The van der Waals surface area contributed by atoms with E-state index in [1.807, 2.05) is 48.5 Å². The molecule has 1 aliphatic rings. The van der Waals surface area contributed by atoms with Gasteiger partial charge in [-0.2, -0.15) is 0 Å². The lowest BCUT2D eigenvalue weighted by atomic mass is 9.96. The summed E-state index contributed by atoms with van der Waals surface area (Å²) >= 11 is 0. The maximum atomic E-state index is 12.4. The summed E-state index contributed by atoms with van der Waals surface area (Å²) in [6.45, 7) is -0.0185. The Labute approximate surface area is 155 Å². The van der Waals surface area contributed by atoms with E-state index in [2.05, 4.69) is 0 Å². The lowest BCUT2D eigenvalue weighted by molar-refractivity contribution is -0.158. The Morgan fingerprint density at radius 2 is 1.48 bits per heavy atom. The van der Waals surface area contributed by atoms with Crippen molar-refractivity contribution in [2.24, 2.45) is 11.7 Å². The zero-order valence-corrected chi connectivity index (χ0v) is 14.4. The summed E-state index contributed by atoms with van der Waals surface area (Å²) in [5.74, 6) is -5.34. The van der Waals surface area contributed by atoms with E-state index >= 15 is 0 Å². The van der Waals surface area contributed by atoms with Gasteiger partial charge in [0.15, 0.2) is 0 Å². The number of esters is 1. The lowest BCUT2D eigenvalue weighted by Crippen LogP contribution is -2.44. The minimum absolute atomic E-state index is 0.0185. The third-order valence-corrected chi connectivity index (χ3v) is 4.77. The van der Waals surface area contributed by atoms with Gasteiger partial charge in [-0.3, -0.25) is 14.4 Å². The van der Waals surface area contributed by atoms with Crippen LogP contribution in [0.3, 0.4) is 0 Å². The largest absolute Gasteiger partial charge is 0.481 e. The lowest BCUT2D eigenvalue weighted by Gasteiger charge is -2.20. The van der Waals surface area contributed by atoms with Crippen molar-refractivity contribution in [3.05, 3.63) is 59.7 Å². The smallest absolute Gasteiger partial charge is 0.321 e. The van der Waals surface area contributed by atoms with Crippen LogP contribution in [0.5, 0.6) is 0 Å². The molecule has 0 radical (unpaired) electrons. The fourth-order valence-corrected chi connectivity index (χ4v) is 3.43. The predicted molar refractivity (Wildman–Crippen MR) is 96.0 cm³/mol. The first-order valence-corrected chi connectivity index (χ1v) is 8.45. The Bertz CT molecular complexity index is 848. The summed E-state index contributed by atoms with van der Waals surface area (Å²) in [5.41, 5.74) is 9.60. The van der Waals surface area contributed by atoms with Crippen molar-refractivity contribution < 1.29 is 29.3 Å². The van der Waals surface area contributed by atoms with Crippen molar-refractivity contribution in [1.82, 2.24) is 0 Å². The third kappa shape index (κ3) is 3.68. The topological polar surface area (TPSA) is 127 Å². The molecule has 0 heterocycles. The molecule has 3 rings (SSSR count). The van der Waals surface area contributed by atoms with Crippen molar-refractivity contribution in [3.8, 4) is 11.1 Å². The van der Waals surface area contributed by atoms with Crippen LogP contribution in [0.1, 0.15) is 23.5 Å². The number of fused-ring (bicyclic) bond motifs is 3. The van der Waals surface area contributed by atoms with Crippen molar-refractivity contribution in [2.75, 3.05) is 6.61 Å². The Morgan fingerprint density at radius 3 is 1.96 bits per heavy atom. The van der Waals surface area contributed by atoms with Crippen LogP contribution in [0.4, 0.5) is 0 Å². The fourth-order valence-electron chi connectivity index (χ4n) is 3.43. The first-order chi connectivity index (χ1) is 12.9. The molecular weight excluding hydrogens is 350 g/mol. The molecule has 0 amide bonds. The average Bonchev–Trinajstić information content (AvgIpc) is 2.97. The van der Waals surface area contributed by atoms with Crippen LogP contribution in [-0.4, -0.2) is 40.8 Å². The number of carboxylic acids is 2. The monoisotopic (exact) mass is 369 g/mol. The maximum absolute atomic E-state index is 12.4. The molecule has 7 nitrogen and oxygen atoms in total. The van der Waals surface area contributed by atoms with Crippen molar-refractivity contribution in [3.63, 3.8) is 0 Å². The highest BCUT2D eigenvalue weighted by molar-refractivity contribution is 5.87. The summed E-state index contributed by atoms with van der Waals surface area (Å²) in [7, 11) is 0. The second-order valence-electron chi connectivity index (χ2n) is 6.43. The van der Waals surface area contributed by atoms with Gasteiger partial charge in [-0.15, -0.1) is 0 Å². The molecule has 7 heteroatoms. The molecule has 2 aromatic carbocycles. The van der Waals surface area contributed by atoms with Crippen LogP contribution in [0.25, 0.3) is 11.1 Å². The number of carbonyl (C=O) groups excluding carboxylic acids is 1. The molecule has 0 aliphatic heterocycles. The Morgan fingerprint density at radius 1 is 0.963 bits per heavy atom. The van der Waals surface area contributed by atoms with Crippen molar-refractivity contribution in [2.45, 2.75) is 18.4 Å². The van der Waals surface area contributed by atoms with E-state index in [4.69, 9.17) is 20.7 Å². The molecule has 0 spiro atoms. The second-order valence-corrected chi connectivity index (χ2v) is 6.43. The molecule has 0 saturated carbocycles. The molecule has 4 N–H and O–H groups in total. The fraction of sp³-hybridized carbons (Fsp3) is 0.250. The number of ether oxygens (including phenoxy) is 1. The Hall–Kier alpha value is -3.19. The Kier molecular flexibility index (Phi) is 5.23. The zero-order valence-electron chi connectivity index (χ0n) is 14.4. The van der Waals surface area contributed by atoms with E-state index in [1.165, 1.54) is 0 Å². The maximum Gasteiger partial charge on any atom is 0.321 e. The van der Waals surface area contributed by atoms with Crippen LogP contribution in [-0.2, 0) is 19.1 Å². The molecular formula is C20H19NO6. The highest BCUT2D eigenvalue weighted by atomic mass is 16.5. The zero-order chi connectivity index (χ0) is 19.6. The van der Waals surface area contributed by atoms with Gasteiger partial charge < -0.3 is 20.7 Å². The Balaban J connectivity index is 1.80. The van der Waals surface area contributed by atoms with Crippen LogP contribution < -0.4 is 5.73 Å². The first-order valence-electron chi connectivity index (χ1n) is 8.45. The van der Waals surface area contributed by atoms with Crippen LogP contribution in [0.15, 0.2) is 48.5 Å². The van der Waals surface area contributed by atoms with E-state index in [1.54, 1.807) is 0 Å². The van der Waals surface area contributed by atoms with Crippen molar-refractivity contribution in [1.29, 1.82) is 0 Å². The number of nitrogens with two attached hydrogens (primary N) is 1. The summed E-state index contributed by atoms with van der Waals surface area (Å²) < 4.78 is 5.33. The summed E-state index contributed by atoms with van der Waals surface area (Å²) in [6, 6.07) is 13.9. The van der Waals surface area contributed by atoms with Gasteiger partial charge in [-0.1, -0.05) is 48.5 Å². The molecule has 0 fully saturated rings. The molecule has 0 saturated heterocycles. The van der Waals surface area contributed by atoms with Crippen molar-refractivity contribution >= 4 is 17.9 Å². The van der Waals surface area contributed by atoms with Gasteiger partial charge in [0.05, 0.1) is 12.3 Å². The minimum Gasteiger partial charge on any atom is -0.481 e. The normalized spacial score (nSPS) is 14.7. The third-order valence-electron chi connectivity index (χ3n) is 4.77. The molecule has 0 aromatic heterocycles. The summed E-state index contributed by atoms with van der Waals surface area (Å²) in [6.07, 6.45) is -0.704. The van der Waals surface area contributed by atoms with Gasteiger partial charge in [0.1, 0.15) is 12.6 Å². The van der Waals surface area contributed by atoms with E-state index < -0.39 is 36.3 Å². The first kappa shape index (κ1) is 18.6. The average molecular weight is 369 g/mol. The van der Waals surface area contributed by atoms with Gasteiger partial charge in [0.25, 0.3) is 0 Å². The van der Waals surface area contributed by atoms with Gasteiger partial charge in [0, 0.05) is 5.92 Å². The second kappa shape index (κ2) is 7.59.